The molecule has 2 fully saturated rings. The third-order valence-electron chi connectivity index (χ3n) is 6.22. The van der Waals surface area contributed by atoms with Crippen LogP contribution in [0.2, 0.25) is 0 Å². The molecule has 2 aliphatic rings. The molecule has 2 aromatic rings. The van der Waals surface area contributed by atoms with Crippen LogP contribution < -0.4 is 0 Å². The summed E-state index contributed by atoms with van der Waals surface area (Å²) < 4.78 is 2.02. The van der Waals surface area contributed by atoms with Crippen LogP contribution >= 0.6 is 0 Å². The lowest BCUT2D eigenvalue weighted by atomic mass is 9.98. The molecule has 5 heteroatoms. The lowest BCUT2D eigenvalue weighted by Gasteiger charge is -2.39. The van der Waals surface area contributed by atoms with E-state index in [2.05, 4.69) is 20.9 Å². The summed E-state index contributed by atoms with van der Waals surface area (Å²) in [6.07, 6.45) is 14.3. The van der Waals surface area contributed by atoms with Gasteiger partial charge in [0.2, 0.25) is 0 Å². The van der Waals surface area contributed by atoms with E-state index in [0.717, 1.165) is 37.1 Å². The van der Waals surface area contributed by atoms with Crippen molar-refractivity contribution in [2.45, 2.75) is 57.5 Å². The fourth-order valence-corrected chi connectivity index (χ4v) is 4.67. The topological polar surface area (TPSA) is 41.4 Å². The van der Waals surface area contributed by atoms with Crippen molar-refractivity contribution in [1.29, 1.82) is 0 Å². The highest BCUT2D eigenvalue weighted by molar-refractivity contribution is 5.96. The van der Waals surface area contributed by atoms with Gasteiger partial charge in [-0.3, -0.25) is 4.79 Å². The highest BCUT2D eigenvalue weighted by Gasteiger charge is 2.30. The van der Waals surface area contributed by atoms with Crippen molar-refractivity contribution < 1.29 is 4.79 Å². The molecular weight excluding hydrogens is 348 g/mol. The molecule has 1 atom stereocenters. The van der Waals surface area contributed by atoms with E-state index in [0.29, 0.717) is 12.6 Å². The first kappa shape index (κ1) is 19.2. The summed E-state index contributed by atoms with van der Waals surface area (Å²) in [7, 11) is 0. The van der Waals surface area contributed by atoms with E-state index in [-0.39, 0.29) is 5.91 Å². The number of likely N-dealkylation sites (tertiary alicyclic amines) is 2. The van der Waals surface area contributed by atoms with E-state index >= 15 is 0 Å². The SMILES string of the molecule is O=C(c1ccccc1Cn1ccnc1)N1CCCC[C@@H]1CN1CCCCCC1. The molecule has 0 unspecified atom stereocenters. The van der Waals surface area contributed by atoms with Crippen LogP contribution in [0, 0.1) is 0 Å². The normalized spacial score (nSPS) is 21.4. The Kier molecular flexibility index (Phi) is 6.42. The summed E-state index contributed by atoms with van der Waals surface area (Å²) >= 11 is 0. The number of aromatic nitrogens is 2. The van der Waals surface area contributed by atoms with Crippen molar-refractivity contribution in [3.05, 3.63) is 54.1 Å². The van der Waals surface area contributed by atoms with Crippen molar-refractivity contribution in [3.63, 3.8) is 0 Å². The zero-order valence-electron chi connectivity index (χ0n) is 16.8. The Morgan fingerprint density at radius 2 is 1.79 bits per heavy atom. The van der Waals surface area contributed by atoms with Gasteiger partial charge in [0, 0.05) is 43.6 Å². The Morgan fingerprint density at radius 1 is 1.00 bits per heavy atom. The highest BCUT2D eigenvalue weighted by atomic mass is 16.2. The number of imidazole rings is 1. The number of hydrogen-bond donors (Lipinski definition) is 0. The van der Waals surface area contributed by atoms with Crippen molar-refractivity contribution in [1.82, 2.24) is 19.4 Å². The zero-order valence-corrected chi connectivity index (χ0v) is 16.8. The Labute approximate surface area is 168 Å². The zero-order chi connectivity index (χ0) is 19.2. The van der Waals surface area contributed by atoms with Crippen molar-refractivity contribution in [3.8, 4) is 0 Å². The number of rotatable bonds is 5. The van der Waals surface area contributed by atoms with Crippen molar-refractivity contribution in [2.24, 2.45) is 0 Å². The number of nitrogens with zero attached hydrogens (tertiary/aromatic N) is 4. The molecule has 0 bridgehead atoms. The van der Waals surface area contributed by atoms with Gasteiger partial charge in [0.05, 0.1) is 6.33 Å². The van der Waals surface area contributed by atoms with Gasteiger partial charge in [-0.2, -0.15) is 0 Å². The van der Waals surface area contributed by atoms with E-state index in [1.54, 1.807) is 6.20 Å². The number of piperidine rings is 1. The fraction of sp³-hybridized carbons (Fsp3) is 0.565. The third-order valence-corrected chi connectivity index (χ3v) is 6.22. The Hall–Kier alpha value is -2.14. The fourth-order valence-electron chi connectivity index (χ4n) is 4.67. The molecule has 1 aromatic carbocycles. The van der Waals surface area contributed by atoms with E-state index in [4.69, 9.17) is 0 Å². The van der Waals surface area contributed by atoms with Crippen LogP contribution in [0.3, 0.4) is 0 Å². The van der Waals surface area contributed by atoms with Crippen molar-refractivity contribution in [2.75, 3.05) is 26.2 Å². The summed E-state index contributed by atoms with van der Waals surface area (Å²) in [5.74, 6) is 0.204. The average Bonchev–Trinajstić information content (AvgIpc) is 3.10. The van der Waals surface area contributed by atoms with Crippen LogP contribution in [0.25, 0.3) is 0 Å². The predicted octanol–water partition coefficient (Wildman–Crippen LogP) is 3.80. The van der Waals surface area contributed by atoms with E-state index in [1.165, 1.54) is 45.2 Å². The molecule has 0 N–H and O–H groups in total. The van der Waals surface area contributed by atoms with Crippen LogP contribution in [-0.2, 0) is 6.54 Å². The minimum atomic E-state index is 0.204. The van der Waals surface area contributed by atoms with Gasteiger partial charge in [-0.25, -0.2) is 4.98 Å². The molecule has 150 valence electrons. The minimum Gasteiger partial charge on any atom is -0.334 e. The van der Waals surface area contributed by atoms with Gasteiger partial charge < -0.3 is 14.4 Å². The number of carbonyl (C=O) groups excluding carboxylic acids is 1. The molecule has 3 heterocycles. The number of benzene rings is 1. The molecule has 0 aliphatic carbocycles. The lowest BCUT2D eigenvalue weighted by molar-refractivity contribution is 0.0546. The van der Waals surface area contributed by atoms with Crippen LogP contribution in [0.5, 0.6) is 0 Å². The molecule has 2 saturated heterocycles. The first-order valence-corrected chi connectivity index (χ1v) is 10.9. The second-order valence-electron chi connectivity index (χ2n) is 8.26. The second-order valence-corrected chi connectivity index (χ2v) is 8.26. The molecule has 0 spiro atoms. The summed E-state index contributed by atoms with van der Waals surface area (Å²) in [4.78, 5) is 22.4. The van der Waals surface area contributed by atoms with Crippen LogP contribution in [0.1, 0.15) is 60.9 Å². The quantitative estimate of drug-likeness (QED) is 0.792. The van der Waals surface area contributed by atoms with Gasteiger partial charge in [-0.15, -0.1) is 0 Å². The molecule has 1 amide bonds. The number of amides is 1. The van der Waals surface area contributed by atoms with Crippen LogP contribution in [-0.4, -0.2) is 57.5 Å². The maximum Gasteiger partial charge on any atom is 0.254 e. The number of hydrogen-bond acceptors (Lipinski definition) is 3. The van der Waals surface area contributed by atoms with Gasteiger partial charge in [-0.05, 0) is 56.8 Å². The second kappa shape index (κ2) is 9.37. The Balaban J connectivity index is 1.50. The van der Waals surface area contributed by atoms with E-state index < -0.39 is 0 Å². The Morgan fingerprint density at radius 3 is 2.57 bits per heavy atom. The lowest BCUT2D eigenvalue weighted by Crippen LogP contribution is -2.49. The summed E-state index contributed by atoms with van der Waals surface area (Å²) in [6, 6.07) is 8.42. The first-order chi connectivity index (χ1) is 13.8. The maximum absolute atomic E-state index is 13.6. The van der Waals surface area contributed by atoms with Crippen LogP contribution in [0.4, 0.5) is 0 Å². The van der Waals surface area contributed by atoms with Gasteiger partial charge in [0.25, 0.3) is 5.91 Å². The smallest absolute Gasteiger partial charge is 0.254 e. The maximum atomic E-state index is 13.6. The number of carbonyl (C=O) groups is 1. The van der Waals surface area contributed by atoms with Crippen molar-refractivity contribution >= 4 is 5.91 Å². The molecule has 2 aliphatic heterocycles. The molecular formula is C23H32N4O. The molecule has 0 radical (unpaired) electrons. The Bertz CT molecular complexity index is 750. The van der Waals surface area contributed by atoms with Gasteiger partial charge in [0.1, 0.15) is 0 Å². The molecule has 0 saturated carbocycles. The van der Waals surface area contributed by atoms with E-state index in [9.17, 15) is 4.79 Å². The molecule has 28 heavy (non-hydrogen) atoms. The first-order valence-electron chi connectivity index (χ1n) is 10.9. The monoisotopic (exact) mass is 380 g/mol. The average molecular weight is 381 g/mol. The van der Waals surface area contributed by atoms with E-state index in [1.807, 2.05) is 35.3 Å². The molecule has 1 aromatic heterocycles. The summed E-state index contributed by atoms with van der Waals surface area (Å²) in [5, 5.41) is 0. The van der Waals surface area contributed by atoms with Crippen LogP contribution in [0.15, 0.2) is 43.0 Å². The molecule has 5 nitrogen and oxygen atoms in total. The van der Waals surface area contributed by atoms with Gasteiger partial charge in [0.15, 0.2) is 0 Å². The highest BCUT2D eigenvalue weighted by Crippen LogP contribution is 2.23. The van der Waals surface area contributed by atoms with Gasteiger partial charge in [-0.1, -0.05) is 31.0 Å². The standard InChI is InChI=1S/C23H32N4O/c28-23(22-11-4-3-9-20(22)17-26-16-12-24-19-26)27-15-8-5-10-21(27)18-25-13-6-1-2-7-14-25/h3-4,9,11-12,16,19,21H,1-2,5-8,10,13-15,17-18H2/t21-/m1/s1. The third kappa shape index (κ3) is 4.64. The summed E-state index contributed by atoms with van der Waals surface area (Å²) in [5.41, 5.74) is 1.92. The minimum absolute atomic E-state index is 0.204. The largest absolute Gasteiger partial charge is 0.334 e. The van der Waals surface area contributed by atoms with Gasteiger partial charge >= 0.3 is 0 Å². The molecule has 4 rings (SSSR count). The summed E-state index contributed by atoms with van der Waals surface area (Å²) in [6.45, 7) is 4.99. The predicted molar refractivity (Wildman–Crippen MR) is 111 cm³/mol.